The first kappa shape index (κ1) is 14.5. The normalized spacial score (nSPS) is 9.37. The number of carbonyl (C=O) groups is 1. The summed E-state index contributed by atoms with van der Waals surface area (Å²) in [6.07, 6.45) is 2.16. The van der Waals surface area contributed by atoms with Crippen LogP contribution in [0.5, 0.6) is 0 Å². The lowest BCUT2D eigenvalue weighted by Gasteiger charge is -2.20. The maximum atomic E-state index is 12.0. The number of anilines is 1. The molecule has 0 aliphatic rings. The lowest BCUT2D eigenvalue weighted by Crippen LogP contribution is -2.34. The van der Waals surface area contributed by atoms with Crippen LogP contribution in [-0.4, -0.2) is 28.9 Å². The maximum Gasteiger partial charge on any atom is 0.228 e. The van der Waals surface area contributed by atoms with Gasteiger partial charge in [0.1, 0.15) is 0 Å². The molecule has 1 aromatic rings. The van der Waals surface area contributed by atoms with E-state index in [9.17, 15) is 4.79 Å². The fraction of sp³-hybridized carbons (Fsp3) is 0.385. The maximum absolute atomic E-state index is 12.0. The van der Waals surface area contributed by atoms with E-state index in [1.165, 1.54) is 11.1 Å². The van der Waals surface area contributed by atoms with Crippen molar-refractivity contribution in [2.75, 3.05) is 18.8 Å². The van der Waals surface area contributed by atoms with Crippen LogP contribution < -0.4 is 5.73 Å². The van der Waals surface area contributed by atoms with Crippen molar-refractivity contribution < 1.29 is 4.79 Å². The Kier molecular flexibility index (Phi) is 5.84. The summed E-state index contributed by atoms with van der Waals surface area (Å²) in [6.45, 7) is 0.679. The first-order chi connectivity index (χ1) is 9.17. The Morgan fingerprint density at radius 1 is 1.26 bits per heavy atom. The van der Waals surface area contributed by atoms with Crippen LogP contribution in [0.25, 0.3) is 0 Å². The fourth-order valence-electron chi connectivity index (χ4n) is 1.54. The van der Waals surface area contributed by atoms with Crippen molar-refractivity contribution in [3.8, 4) is 12.1 Å². The molecule has 0 bridgehead atoms. The minimum Gasteiger partial charge on any atom is -0.397 e. The largest absolute Gasteiger partial charge is 0.397 e. The van der Waals surface area contributed by atoms with Crippen LogP contribution >= 0.6 is 0 Å². The van der Waals surface area contributed by atoms with Gasteiger partial charge in [0.05, 0.1) is 43.3 Å². The number of rotatable bonds is 6. The Morgan fingerprint density at radius 3 is 2.37 bits per heavy atom. The van der Waals surface area contributed by atoms with E-state index in [4.69, 9.17) is 16.3 Å². The summed E-state index contributed by atoms with van der Waals surface area (Å²) < 4.78 is 0. The van der Waals surface area contributed by atoms with Gasteiger partial charge in [-0.25, -0.2) is 0 Å². The van der Waals surface area contributed by atoms with Gasteiger partial charge in [-0.05, 0) is 12.1 Å². The minimum absolute atomic E-state index is 0.136. The summed E-state index contributed by atoms with van der Waals surface area (Å²) in [5, 5.41) is 17.1. The number of amides is 1. The molecule has 6 heteroatoms. The molecule has 6 nitrogen and oxygen atoms in total. The van der Waals surface area contributed by atoms with Gasteiger partial charge in [-0.3, -0.25) is 9.78 Å². The fourth-order valence-corrected chi connectivity index (χ4v) is 1.54. The quantitative estimate of drug-likeness (QED) is 0.813. The molecule has 1 heterocycles. The van der Waals surface area contributed by atoms with E-state index >= 15 is 0 Å². The highest BCUT2D eigenvalue weighted by Gasteiger charge is 2.14. The Labute approximate surface area is 112 Å². The second kappa shape index (κ2) is 7.67. The Bertz CT molecular complexity index is 479. The van der Waals surface area contributed by atoms with Crippen molar-refractivity contribution in [2.45, 2.75) is 19.3 Å². The van der Waals surface area contributed by atoms with E-state index in [2.05, 4.69) is 4.98 Å². The molecule has 19 heavy (non-hydrogen) atoms. The van der Waals surface area contributed by atoms with Gasteiger partial charge in [-0.15, -0.1) is 0 Å². The number of nitrogens with two attached hydrogens (primary N) is 1. The van der Waals surface area contributed by atoms with Crippen molar-refractivity contribution >= 4 is 11.6 Å². The van der Waals surface area contributed by atoms with E-state index < -0.39 is 0 Å². The Hall–Kier alpha value is -2.60. The molecule has 0 saturated heterocycles. The number of aromatic nitrogens is 1. The molecule has 0 fully saturated rings. The molecule has 0 spiro atoms. The molecular formula is C13H15N5O. The Balaban J connectivity index is 2.62. The highest BCUT2D eigenvalue weighted by molar-refractivity contribution is 5.78. The molecule has 1 rings (SSSR count). The molecule has 2 N–H and O–H groups in total. The van der Waals surface area contributed by atoms with Gasteiger partial charge in [-0.1, -0.05) is 0 Å². The highest BCUT2D eigenvalue weighted by atomic mass is 16.2. The van der Waals surface area contributed by atoms with Crippen LogP contribution in [0.4, 0.5) is 5.69 Å². The molecule has 1 aromatic heterocycles. The number of carbonyl (C=O) groups excluding carboxylic acids is 1. The second-order valence-corrected chi connectivity index (χ2v) is 3.96. The summed E-state index contributed by atoms with van der Waals surface area (Å²) in [4.78, 5) is 17.6. The predicted octanol–water partition coefficient (Wildman–Crippen LogP) is 0.862. The summed E-state index contributed by atoms with van der Waals surface area (Å²) in [5.74, 6) is -0.136. The molecule has 0 atom stereocenters. The molecule has 0 aromatic carbocycles. The Morgan fingerprint density at radius 2 is 1.89 bits per heavy atom. The minimum atomic E-state index is -0.136. The van der Waals surface area contributed by atoms with Crippen molar-refractivity contribution in [3.05, 3.63) is 24.0 Å². The van der Waals surface area contributed by atoms with Crippen LogP contribution in [-0.2, 0) is 11.2 Å². The van der Waals surface area contributed by atoms with Gasteiger partial charge in [0.15, 0.2) is 0 Å². The topological polar surface area (TPSA) is 107 Å². The van der Waals surface area contributed by atoms with Gasteiger partial charge < -0.3 is 10.6 Å². The number of nitrogens with zero attached hydrogens (tertiary/aromatic N) is 4. The van der Waals surface area contributed by atoms with Gasteiger partial charge >= 0.3 is 0 Å². The summed E-state index contributed by atoms with van der Waals surface area (Å²) in [7, 11) is 0. The average molecular weight is 257 g/mol. The van der Waals surface area contributed by atoms with Gasteiger partial charge in [-0.2, -0.15) is 10.5 Å². The molecule has 0 radical (unpaired) electrons. The van der Waals surface area contributed by atoms with E-state index in [-0.39, 0.29) is 25.2 Å². The van der Waals surface area contributed by atoms with Crippen LogP contribution in [0.1, 0.15) is 18.5 Å². The van der Waals surface area contributed by atoms with E-state index in [1.807, 2.05) is 12.1 Å². The molecule has 0 unspecified atom stereocenters. The summed E-state index contributed by atoms with van der Waals surface area (Å²) in [5.41, 5.74) is 6.69. The molecule has 98 valence electrons. The first-order valence-electron chi connectivity index (χ1n) is 5.89. The van der Waals surface area contributed by atoms with Gasteiger partial charge in [0.25, 0.3) is 0 Å². The number of hydrogen-bond donors (Lipinski definition) is 1. The third-order valence-electron chi connectivity index (χ3n) is 2.52. The smallest absolute Gasteiger partial charge is 0.228 e. The molecule has 0 aliphatic heterocycles. The van der Waals surface area contributed by atoms with Crippen molar-refractivity contribution in [1.29, 1.82) is 10.5 Å². The molecule has 1 amide bonds. The number of pyridine rings is 1. The standard InChI is InChI=1S/C13H15N5O/c14-5-1-7-18(8-2-6-15)13(19)9-12-4-3-11(16)10-17-12/h3-4,10H,1-2,7-9,16H2. The van der Waals surface area contributed by atoms with E-state index in [0.717, 1.165) is 0 Å². The van der Waals surface area contributed by atoms with E-state index in [0.29, 0.717) is 24.5 Å². The number of hydrogen-bond acceptors (Lipinski definition) is 5. The van der Waals surface area contributed by atoms with Gasteiger partial charge in [0, 0.05) is 18.8 Å². The zero-order chi connectivity index (χ0) is 14.1. The van der Waals surface area contributed by atoms with Crippen LogP contribution in [0.2, 0.25) is 0 Å². The van der Waals surface area contributed by atoms with Gasteiger partial charge in [0.2, 0.25) is 5.91 Å². The SMILES string of the molecule is N#CCCN(CCC#N)C(=O)Cc1ccc(N)cn1. The second-order valence-electron chi connectivity index (χ2n) is 3.96. The monoisotopic (exact) mass is 257 g/mol. The third-order valence-corrected chi connectivity index (χ3v) is 2.52. The van der Waals surface area contributed by atoms with Crippen molar-refractivity contribution in [3.63, 3.8) is 0 Å². The van der Waals surface area contributed by atoms with Crippen molar-refractivity contribution in [1.82, 2.24) is 9.88 Å². The zero-order valence-electron chi connectivity index (χ0n) is 10.5. The van der Waals surface area contributed by atoms with Crippen LogP contribution in [0, 0.1) is 22.7 Å². The zero-order valence-corrected chi connectivity index (χ0v) is 10.5. The highest BCUT2D eigenvalue weighted by Crippen LogP contribution is 2.05. The van der Waals surface area contributed by atoms with Crippen LogP contribution in [0.15, 0.2) is 18.3 Å². The lowest BCUT2D eigenvalue weighted by molar-refractivity contribution is -0.130. The summed E-state index contributed by atoms with van der Waals surface area (Å²) >= 11 is 0. The number of nitrogen functional groups attached to an aromatic ring is 1. The summed E-state index contributed by atoms with van der Waals surface area (Å²) in [6, 6.07) is 7.36. The molecule has 0 aliphatic carbocycles. The predicted molar refractivity (Wildman–Crippen MR) is 69.4 cm³/mol. The van der Waals surface area contributed by atoms with E-state index in [1.54, 1.807) is 12.1 Å². The van der Waals surface area contributed by atoms with Crippen molar-refractivity contribution in [2.24, 2.45) is 0 Å². The number of nitriles is 2. The lowest BCUT2D eigenvalue weighted by atomic mass is 10.2. The third kappa shape index (κ3) is 5.05. The first-order valence-corrected chi connectivity index (χ1v) is 5.89. The average Bonchev–Trinajstić information content (AvgIpc) is 2.41. The van der Waals surface area contributed by atoms with Crippen LogP contribution in [0.3, 0.4) is 0 Å². The molecule has 0 saturated carbocycles. The molecular weight excluding hydrogens is 242 g/mol.